The maximum Gasteiger partial charge on any atom is 0.192 e. The van der Waals surface area contributed by atoms with Gasteiger partial charge >= 0.3 is 0 Å². The van der Waals surface area contributed by atoms with Gasteiger partial charge in [0.1, 0.15) is 11.3 Å². The van der Waals surface area contributed by atoms with E-state index >= 15 is 0 Å². The van der Waals surface area contributed by atoms with Crippen LogP contribution in [0.2, 0.25) is 0 Å². The van der Waals surface area contributed by atoms with Crippen LogP contribution in [0.4, 0.5) is 0 Å². The van der Waals surface area contributed by atoms with Crippen LogP contribution in [-0.2, 0) is 5.54 Å². The molecule has 1 aliphatic heterocycles. The largest absolute Gasteiger partial charge is 0.497 e. The lowest BCUT2D eigenvalue weighted by Gasteiger charge is -2.62. The third-order valence-electron chi connectivity index (χ3n) is 8.84. The number of hydrogen-bond donors (Lipinski definition) is 1. The van der Waals surface area contributed by atoms with Crippen molar-refractivity contribution in [1.29, 1.82) is 0 Å². The number of nitrogens with two attached hydrogens (primary N) is 1. The van der Waals surface area contributed by atoms with E-state index in [2.05, 4.69) is 48.3 Å². The van der Waals surface area contributed by atoms with Gasteiger partial charge < -0.3 is 15.4 Å². The second-order valence-electron chi connectivity index (χ2n) is 10.7. The first kappa shape index (κ1) is 19.2. The first-order chi connectivity index (χ1) is 15.0. The van der Waals surface area contributed by atoms with Crippen molar-refractivity contribution in [3.63, 3.8) is 0 Å². The molecule has 4 heteroatoms. The van der Waals surface area contributed by atoms with Gasteiger partial charge in [-0.2, -0.15) is 0 Å². The molecule has 4 saturated carbocycles. The van der Waals surface area contributed by atoms with Crippen LogP contribution < -0.4 is 10.5 Å². The van der Waals surface area contributed by atoms with Gasteiger partial charge in [-0.25, -0.2) is 4.99 Å². The highest BCUT2D eigenvalue weighted by atomic mass is 16.5. The maximum absolute atomic E-state index is 6.45. The molecule has 2 N–H and O–H groups in total. The fourth-order valence-electron chi connectivity index (χ4n) is 7.85. The highest BCUT2D eigenvalue weighted by Gasteiger charge is 2.63. The van der Waals surface area contributed by atoms with Crippen molar-refractivity contribution in [1.82, 2.24) is 4.90 Å². The molecular formula is C27H33N3O. The summed E-state index contributed by atoms with van der Waals surface area (Å²) in [6.45, 7) is 0.900. The summed E-state index contributed by atoms with van der Waals surface area (Å²) in [5.74, 6) is 4.24. The standard InChI is InChI=1S/C27H33N3O/c1-30-17-27(29-25(30)28,26-14-18-10-19(15-26)12-20(11-18)16-26)23-5-3-4-22(13-23)21-6-8-24(31-2)9-7-21/h3-9,13,18-20H,10-12,14-17H2,1-2H3,(H2,28,29). The Balaban J connectivity index is 1.47. The molecular weight excluding hydrogens is 382 g/mol. The topological polar surface area (TPSA) is 50.9 Å². The number of nitrogens with zero attached hydrogens (tertiary/aromatic N) is 2. The lowest BCUT2D eigenvalue weighted by atomic mass is 9.44. The number of guanidine groups is 1. The first-order valence-electron chi connectivity index (χ1n) is 11.8. The van der Waals surface area contributed by atoms with Gasteiger partial charge in [-0.1, -0.05) is 30.3 Å². The molecule has 2 aromatic carbocycles. The summed E-state index contributed by atoms with van der Waals surface area (Å²) in [4.78, 5) is 7.50. The fourth-order valence-corrected chi connectivity index (χ4v) is 7.85. The Hall–Kier alpha value is -2.49. The SMILES string of the molecule is COc1ccc(-c2cccc(C3(C45CC6CC(CC(C6)C4)C5)CN(C)C(N)=N3)c2)cc1. The number of likely N-dealkylation sites (N-methyl/N-ethyl adjacent to an activating group) is 1. The van der Waals surface area contributed by atoms with Crippen molar-refractivity contribution in [2.45, 2.75) is 44.1 Å². The van der Waals surface area contributed by atoms with Gasteiger partial charge in [-0.15, -0.1) is 0 Å². The van der Waals surface area contributed by atoms with E-state index in [-0.39, 0.29) is 11.0 Å². The molecule has 0 amide bonds. The summed E-state index contributed by atoms with van der Waals surface area (Å²) in [5, 5.41) is 0. The van der Waals surface area contributed by atoms with Crippen LogP contribution in [0.15, 0.2) is 53.5 Å². The van der Waals surface area contributed by atoms with Crippen molar-refractivity contribution in [2.24, 2.45) is 33.9 Å². The molecule has 0 radical (unpaired) electrons. The molecule has 2 aromatic rings. The summed E-state index contributed by atoms with van der Waals surface area (Å²) < 4.78 is 5.35. The Morgan fingerprint density at radius 3 is 2.13 bits per heavy atom. The van der Waals surface area contributed by atoms with Crippen molar-refractivity contribution >= 4 is 5.96 Å². The van der Waals surface area contributed by atoms with E-state index in [1.54, 1.807) is 7.11 Å². The minimum atomic E-state index is -0.232. The predicted octanol–water partition coefficient (Wildman–Crippen LogP) is 5.03. The molecule has 1 heterocycles. The maximum atomic E-state index is 6.45. The van der Waals surface area contributed by atoms with Crippen LogP contribution in [0.1, 0.15) is 44.1 Å². The molecule has 4 fully saturated rings. The van der Waals surface area contributed by atoms with Gasteiger partial charge in [0.05, 0.1) is 13.7 Å². The summed E-state index contributed by atoms with van der Waals surface area (Å²) in [6.07, 6.45) is 8.27. The second kappa shape index (κ2) is 6.75. The van der Waals surface area contributed by atoms with Crippen molar-refractivity contribution < 1.29 is 4.74 Å². The number of methoxy groups -OCH3 is 1. The molecule has 1 atom stereocenters. The molecule has 0 aromatic heterocycles. The molecule has 1 unspecified atom stereocenters. The zero-order valence-corrected chi connectivity index (χ0v) is 18.7. The summed E-state index contributed by atoms with van der Waals surface area (Å²) >= 11 is 0. The van der Waals surface area contributed by atoms with Crippen LogP contribution in [0, 0.1) is 23.2 Å². The van der Waals surface area contributed by atoms with E-state index < -0.39 is 0 Å². The van der Waals surface area contributed by atoms with E-state index in [1.807, 2.05) is 12.1 Å². The quantitative estimate of drug-likeness (QED) is 0.762. The highest BCUT2D eigenvalue weighted by molar-refractivity contribution is 5.81. The number of benzene rings is 2. The van der Waals surface area contributed by atoms with Crippen LogP contribution >= 0.6 is 0 Å². The summed E-state index contributed by atoms with van der Waals surface area (Å²) in [6, 6.07) is 17.5. The number of rotatable bonds is 4. The third-order valence-corrected chi connectivity index (χ3v) is 8.84. The normalized spacial score (nSPS) is 36.0. The van der Waals surface area contributed by atoms with E-state index in [0.717, 1.165) is 30.0 Å². The Bertz CT molecular complexity index is 992. The Kier molecular flexibility index (Phi) is 4.19. The monoisotopic (exact) mass is 415 g/mol. The molecule has 7 rings (SSSR count). The van der Waals surface area contributed by atoms with E-state index in [9.17, 15) is 0 Å². The Morgan fingerprint density at radius 2 is 1.58 bits per heavy atom. The van der Waals surface area contributed by atoms with Crippen molar-refractivity contribution in [3.8, 4) is 16.9 Å². The van der Waals surface area contributed by atoms with E-state index in [1.165, 1.54) is 55.2 Å². The van der Waals surface area contributed by atoms with E-state index in [0.29, 0.717) is 5.96 Å². The summed E-state index contributed by atoms with van der Waals surface area (Å²) in [5.41, 5.74) is 10.3. The molecule has 162 valence electrons. The van der Waals surface area contributed by atoms with Gasteiger partial charge in [0, 0.05) is 12.5 Å². The highest BCUT2D eigenvalue weighted by Crippen LogP contribution is 2.67. The average Bonchev–Trinajstić information content (AvgIpc) is 3.09. The number of aliphatic imine (C=N–C) groups is 1. The molecule has 0 spiro atoms. The number of hydrogen-bond acceptors (Lipinski definition) is 4. The van der Waals surface area contributed by atoms with Crippen molar-refractivity contribution in [2.75, 3.05) is 20.7 Å². The fraction of sp³-hybridized carbons (Fsp3) is 0.519. The number of ether oxygens (including phenoxy) is 1. The van der Waals surface area contributed by atoms with Gasteiger partial charge in [0.25, 0.3) is 0 Å². The zero-order chi connectivity index (χ0) is 21.2. The van der Waals surface area contributed by atoms with Crippen LogP contribution in [0.3, 0.4) is 0 Å². The smallest absolute Gasteiger partial charge is 0.192 e. The lowest BCUT2D eigenvalue weighted by molar-refractivity contribution is -0.0987. The minimum Gasteiger partial charge on any atom is -0.497 e. The van der Waals surface area contributed by atoms with Gasteiger partial charge in [0.2, 0.25) is 0 Å². The molecule has 5 aliphatic rings. The molecule has 31 heavy (non-hydrogen) atoms. The third kappa shape index (κ3) is 2.83. The average molecular weight is 416 g/mol. The minimum absolute atomic E-state index is 0.232. The molecule has 4 nitrogen and oxygen atoms in total. The second-order valence-corrected chi connectivity index (χ2v) is 10.7. The van der Waals surface area contributed by atoms with Gasteiger partial charge in [0.15, 0.2) is 5.96 Å². The van der Waals surface area contributed by atoms with Crippen LogP contribution in [0.5, 0.6) is 5.75 Å². The molecule has 4 aliphatic carbocycles. The van der Waals surface area contributed by atoms with Crippen molar-refractivity contribution in [3.05, 3.63) is 54.1 Å². The van der Waals surface area contributed by atoms with E-state index in [4.69, 9.17) is 15.5 Å². The first-order valence-corrected chi connectivity index (χ1v) is 11.8. The van der Waals surface area contributed by atoms with Crippen LogP contribution in [0.25, 0.3) is 11.1 Å². The zero-order valence-electron chi connectivity index (χ0n) is 18.7. The van der Waals surface area contributed by atoms with Gasteiger partial charge in [-0.3, -0.25) is 0 Å². The van der Waals surface area contributed by atoms with Gasteiger partial charge in [-0.05, 0) is 91.2 Å². The molecule has 4 bridgehead atoms. The summed E-state index contributed by atoms with van der Waals surface area (Å²) in [7, 11) is 3.82. The Labute approximate surface area is 185 Å². The Morgan fingerprint density at radius 1 is 0.935 bits per heavy atom. The predicted molar refractivity (Wildman–Crippen MR) is 125 cm³/mol. The lowest BCUT2D eigenvalue weighted by Crippen LogP contribution is -2.57. The molecule has 0 saturated heterocycles. The van der Waals surface area contributed by atoms with Crippen LogP contribution in [-0.4, -0.2) is 31.6 Å².